The van der Waals surface area contributed by atoms with Gasteiger partial charge in [0, 0.05) is 42.8 Å². The Morgan fingerprint density at radius 3 is 2.46 bits per heavy atom. The summed E-state index contributed by atoms with van der Waals surface area (Å²) in [5.41, 5.74) is 1.34. The van der Waals surface area contributed by atoms with E-state index >= 15 is 0 Å². The number of nitrogens with zero attached hydrogens (tertiary/aromatic N) is 3. The number of carbonyl (C=O) groups is 1. The van der Waals surface area contributed by atoms with Crippen LogP contribution in [-0.2, 0) is 10.0 Å². The number of para-hydroxylation sites is 1. The van der Waals surface area contributed by atoms with Gasteiger partial charge in [-0.25, -0.2) is 8.42 Å². The molecule has 0 atom stereocenters. The smallest absolute Gasteiger partial charge is 0.254 e. The standard InChI is InChI=1S/C20H18ClN3O3S/c21-15-4-3-5-16(14-15)28(26,27)24-12-10-23(11-13-24)20(25)18-8-9-22-19-7-2-1-6-17(18)19/h1-9,14H,10-13H2. The van der Waals surface area contributed by atoms with E-state index in [1.807, 2.05) is 24.3 Å². The monoisotopic (exact) mass is 415 g/mol. The first-order valence-electron chi connectivity index (χ1n) is 8.85. The molecule has 4 rings (SSSR count). The number of pyridine rings is 1. The Bertz CT molecular complexity index is 1140. The fourth-order valence-electron chi connectivity index (χ4n) is 3.36. The van der Waals surface area contributed by atoms with Gasteiger partial charge in [0.25, 0.3) is 5.91 Å². The molecule has 2 aromatic carbocycles. The molecule has 0 radical (unpaired) electrons. The lowest BCUT2D eigenvalue weighted by atomic mass is 10.1. The predicted molar refractivity (Wildman–Crippen MR) is 108 cm³/mol. The van der Waals surface area contributed by atoms with Crippen LogP contribution in [0.5, 0.6) is 0 Å². The highest BCUT2D eigenvalue weighted by Gasteiger charge is 2.31. The first kappa shape index (κ1) is 18.9. The number of amides is 1. The summed E-state index contributed by atoms with van der Waals surface area (Å²) in [5.74, 6) is -0.113. The van der Waals surface area contributed by atoms with E-state index in [1.54, 1.807) is 29.3 Å². The third kappa shape index (κ3) is 3.48. The lowest BCUT2D eigenvalue weighted by Crippen LogP contribution is -2.50. The third-order valence-corrected chi connectivity index (χ3v) is 6.97. The zero-order chi connectivity index (χ0) is 19.7. The van der Waals surface area contributed by atoms with Gasteiger partial charge in [0.15, 0.2) is 0 Å². The maximum Gasteiger partial charge on any atom is 0.254 e. The molecule has 1 fully saturated rings. The van der Waals surface area contributed by atoms with E-state index in [1.165, 1.54) is 16.4 Å². The number of hydrogen-bond donors (Lipinski definition) is 0. The number of sulfonamides is 1. The van der Waals surface area contributed by atoms with Crippen LogP contribution in [0.4, 0.5) is 0 Å². The molecule has 2 heterocycles. The quantitative estimate of drug-likeness (QED) is 0.659. The van der Waals surface area contributed by atoms with Crippen molar-refractivity contribution in [1.82, 2.24) is 14.2 Å². The van der Waals surface area contributed by atoms with E-state index in [-0.39, 0.29) is 23.9 Å². The number of fused-ring (bicyclic) bond motifs is 1. The minimum absolute atomic E-state index is 0.113. The van der Waals surface area contributed by atoms with Gasteiger partial charge in [0.05, 0.1) is 16.0 Å². The molecule has 3 aromatic rings. The summed E-state index contributed by atoms with van der Waals surface area (Å²) in [6, 6.07) is 15.4. The summed E-state index contributed by atoms with van der Waals surface area (Å²) in [6.07, 6.45) is 1.62. The van der Waals surface area contributed by atoms with Gasteiger partial charge in [-0.2, -0.15) is 4.31 Å². The van der Waals surface area contributed by atoms with Crippen LogP contribution in [0.25, 0.3) is 10.9 Å². The Balaban J connectivity index is 1.52. The molecule has 0 spiro atoms. The van der Waals surface area contributed by atoms with Crippen LogP contribution < -0.4 is 0 Å². The predicted octanol–water partition coefficient (Wildman–Crippen LogP) is 3.03. The first-order valence-corrected chi connectivity index (χ1v) is 10.7. The van der Waals surface area contributed by atoms with Crippen LogP contribution >= 0.6 is 11.6 Å². The maximum atomic E-state index is 13.0. The van der Waals surface area contributed by atoms with E-state index in [0.29, 0.717) is 23.7 Å². The van der Waals surface area contributed by atoms with E-state index in [9.17, 15) is 13.2 Å². The Morgan fingerprint density at radius 1 is 0.964 bits per heavy atom. The van der Waals surface area contributed by atoms with Crippen LogP contribution in [0.15, 0.2) is 65.7 Å². The van der Waals surface area contributed by atoms with Gasteiger partial charge < -0.3 is 4.90 Å². The summed E-state index contributed by atoms with van der Waals surface area (Å²) < 4.78 is 27.0. The molecular formula is C20H18ClN3O3S. The lowest BCUT2D eigenvalue weighted by Gasteiger charge is -2.34. The van der Waals surface area contributed by atoms with Crippen LogP contribution in [0.2, 0.25) is 5.02 Å². The van der Waals surface area contributed by atoms with Crippen molar-refractivity contribution in [3.05, 3.63) is 71.4 Å². The molecule has 1 aliphatic rings. The first-order chi connectivity index (χ1) is 13.5. The Hall–Kier alpha value is -2.48. The summed E-state index contributed by atoms with van der Waals surface area (Å²) in [6.45, 7) is 1.14. The molecule has 0 unspecified atom stereocenters. The lowest BCUT2D eigenvalue weighted by molar-refractivity contribution is 0.0700. The van der Waals surface area contributed by atoms with Gasteiger partial charge in [0.2, 0.25) is 10.0 Å². The molecule has 144 valence electrons. The summed E-state index contributed by atoms with van der Waals surface area (Å²) in [5, 5.41) is 1.17. The summed E-state index contributed by atoms with van der Waals surface area (Å²) in [7, 11) is -3.63. The van der Waals surface area contributed by atoms with Gasteiger partial charge in [-0.05, 0) is 30.3 Å². The molecule has 8 heteroatoms. The fourth-order valence-corrected chi connectivity index (χ4v) is 5.08. The highest BCUT2D eigenvalue weighted by Crippen LogP contribution is 2.23. The average molecular weight is 416 g/mol. The summed E-state index contributed by atoms with van der Waals surface area (Å²) in [4.78, 5) is 19.1. The molecule has 0 bridgehead atoms. The van der Waals surface area contributed by atoms with Crippen molar-refractivity contribution in [3.63, 3.8) is 0 Å². The van der Waals surface area contributed by atoms with Gasteiger partial charge in [-0.3, -0.25) is 9.78 Å². The zero-order valence-electron chi connectivity index (χ0n) is 15.0. The molecule has 0 N–H and O–H groups in total. The largest absolute Gasteiger partial charge is 0.336 e. The number of hydrogen-bond acceptors (Lipinski definition) is 4. The Kier molecular flexibility index (Phi) is 5.05. The van der Waals surface area contributed by atoms with Crippen molar-refractivity contribution in [2.75, 3.05) is 26.2 Å². The molecule has 1 aliphatic heterocycles. The highest BCUT2D eigenvalue weighted by atomic mass is 35.5. The van der Waals surface area contributed by atoms with E-state index < -0.39 is 10.0 Å². The van der Waals surface area contributed by atoms with Crippen molar-refractivity contribution < 1.29 is 13.2 Å². The number of halogens is 1. The molecule has 0 aliphatic carbocycles. The number of piperazine rings is 1. The SMILES string of the molecule is O=C(c1ccnc2ccccc12)N1CCN(S(=O)(=O)c2cccc(Cl)c2)CC1. The maximum absolute atomic E-state index is 13.0. The van der Waals surface area contributed by atoms with Crippen LogP contribution in [0, 0.1) is 0 Å². The normalized spacial score (nSPS) is 15.7. The van der Waals surface area contributed by atoms with Gasteiger partial charge in [0.1, 0.15) is 0 Å². The van der Waals surface area contributed by atoms with Crippen LogP contribution in [-0.4, -0.2) is 54.7 Å². The number of rotatable bonds is 3. The highest BCUT2D eigenvalue weighted by molar-refractivity contribution is 7.89. The molecular weight excluding hydrogens is 398 g/mol. The van der Waals surface area contributed by atoms with Crippen molar-refractivity contribution in [2.24, 2.45) is 0 Å². The second-order valence-electron chi connectivity index (χ2n) is 6.53. The molecule has 1 saturated heterocycles. The van der Waals surface area contributed by atoms with E-state index in [2.05, 4.69) is 4.98 Å². The van der Waals surface area contributed by atoms with Gasteiger partial charge in [-0.15, -0.1) is 0 Å². The van der Waals surface area contributed by atoms with E-state index in [4.69, 9.17) is 11.6 Å². The molecule has 28 heavy (non-hydrogen) atoms. The van der Waals surface area contributed by atoms with Crippen LogP contribution in [0.1, 0.15) is 10.4 Å². The minimum Gasteiger partial charge on any atom is -0.336 e. The van der Waals surface area contributed by atoms with Gasteiger partial charge in [-0.1, -0.05) is 35.9 Å². The Morgan fingerprint density at radius 2 is 1.71 bits per heavy atom. The topological polar surface area (TPSA) is 70.6 Å². The van der Waals surface area contributed by atoms with Crippen molar-refractivity contribution in [1.29, 1.82) is 0 Å². The number of benzene rings is 2. The zero-order valence-corrected chi connectivity index (χ0v) is 16.5. The second-order valence-corrected chi connectivity index (χ2v) is 8.90. The summed E-state index contributed by atoms with van der Waals surface area (Å²) >= 11 is 5.93. The number of aromatic nitrogens is 1. The van der Waals surface area contributed by atoms with Crippen molar-refractivity contribution >= 4 is 38.4 Å². The molecule has 0 saturated carbocycles. The molecule has 6 nitrogen and oxygen atoms in total. The molecule has 1 amide bonds. The van der Waals surface area contributed by atoms with Crippen LogP contribution in [0.3, 0.4) is 0 Å². The average Bonchev–Trinajstić information content (AvgIpc) is 2.73. The third-order valence-electron chi connectivity index (χ3n) is 4.84. The van der Waals surface area contributed by atoms with E-state index in [0.717, 1.165) is 10.9 Å². The van der Waals surface area contributed by atoms with Crippen molar-refractivity contribution in [2.45, 2.75) is 4.90 Å². The fraction of sp³-hybridized carbons (Fsp3) is 0.200. The molecule has 1 aromatic heterocycles. The van der Waals surface area contributed by atoms with Gasteiger partial charge >= 0.3 is 0 Å². The minimum atomic E-state index is -3.63. The Labute approximate surface area is 168 Å². The van der Waals surface area contributed by atoms with Crippen molar-refractivity contribution in [3.8, 4) is 0 Å². The second kappa shape index (κ2) is 7.50. The number of carbonyl (C=O) groups excluding carboxylic acids is 1.